The molecular formula is C15H10F3N. The molecule has 0 unspecified atom stereocenters. The summed E-state index contributed by atoms with van der Waals surface area (Å²) in [4.78, 5) is 0. The summed E-state index contributed by atoms with van der Waals surface area (Å²) in [5.41, 5.74) is 1.73. The largest absolute Gasteiger partial charge is 0.381 e. The molecule has 0 spiro atoms. The Morgan fingerprint density at radius 3 is 2.37 bits per heavy atom. The van der Waals surface area contributed by atoms with Crippen LogP contribution in [0.4, 0.5) is 18.9 Å². The summed E-state index contributed by atoms with van der Waals surface area (Å²) in [6, 6.07) is 8.95. The van der Waals surface area contributed by atoms with E-state index in [9.17, 15) is 13.2 Å². The molecule has 1 nitrogen and oxygen atoms in total. The van der Waals surface area contributed by atoms with Gasteiger partial charge in [-0.1, -0.05) is 12.0 Å². The molecule has 0 heterocycles. The van der Waals surface area contributed by atoms with Gasteiger partial charge in [0.05, 0.1) is 0 Å². The molecule has 0 saturated heterocycles. The molecule has 0 atom stereocenters. The van der Waals surface area contributed by atoms with Crippen LogP contribution in [-0.4, -0.2) is 0 Å². The van der Waals surface area contributed by atoms with Crippen LogP contribution < -0.4 is 5.32 Å². The summed E-state index contributed by atoms with van der Waals surface area (Å²) in [5, 5.41) is 2.96. The Balaban J connectivity index is 2.12. The first-order valence-electron chi connectivity index (χ1n) is 5.54. The lowest BCUT2D eigenvalue weighted by atomic mass is 10.2. The van der Waals surface area contributed by atoms with Crippen LogP contribution >= 0.6 is 0 Å². The molecular weight excluding hydrogens is 251 g/mol. The summed E-state index contributed by atoms with van der Waals surface area (Å²) in [6.45, 7) is 0.169. The molecule has 0 radical (unpaired) electrons. The van der Waals surface area contributed by atoms with E-state index in [1.54, 1.807) is 24.3 Å². The molecule has 1 N–H and O–H groups in total. The zero-order valence-electron chi connectivity index (χ0n) is 9.88. The first kappa shape index (κ1) is 13.0. The molecule has 2 aromatic carbocycles. The van der Waals surface area contributed by atoms with Crippen LogP contribution in [0.2, 0.25) is 0 Å². The number of terminal acetylenes is 1. The van der Waals surface area contributed by atoms with E-state index in [-0.39, 0.29) is 6.54 Å². The molecule has 0 aliphatic carbocycles. The van der Waals surface area contributed by atoms with Gasteiger partial charge in [0, 0.05) is 17.8 Å². The standard InChI is InChI=1S/C15H10F3N/c1-2-10-4-3-5-12(6-10)19-9-11-7-13(16)15(18)14(17)8-11/h1,3-8,19H,9H2. The Hall–Kier alpha value is -2.41. The van der Waals surface area contributed by atoms with Crippen molar-refractivity contribution in [1.29, 1.82) is 0 Å². The predicted molar refractivity (Wildman–Crippen MR) is 68.0 cm³/mol. The van der Waals surface area contributed by atoms with Crippen molar-refractivity contribution in [3.63, 3.8) is 0 Å². The van der Waals surface area contributed by atoms with Crippen molar-refractivity contribution >= 4 is 5.69 Å². The third-order valence-electron chi connectivity index (χ3n) is 2.57. The number of halogens is 3. The molecule has 0 aliphatic rings. The van der Waals surface area contributed by atoms with E-state index in [0.717, 1.165) is 17.8 Å². The minimum Gasteiger partial charge on any atom is -0.381 e. The maximum absolute atomic E-state index is 13.0. The van der Waals surface area contributed by atoms with Gasteiger partial charge in [-0.05, 0) is 35.9 Å². The van der Waals surface area contributed by atoms with Gasteiger partial charge >= 0.3 is 0 Å². The fraction of sp³-hybridized carbons (Fsp3) is 0.0667. The smallest absolute Gasteiger partial charge is 0.194 e. The van der Waals surface area contributed by atoms with E-state index in [1.165, 1.54) is 0 Å². The van der Waals surface area contributed by atoms with Crippen LogP contribution in [0.25, 0.3) is 0 Å². The third-order valence-corrected chi connectivity index (χ3v) is 2.57. The predicted octanol–water partition coefficient (Wildman–Crippen LogP) is 3.70. The Bertz CT molecular complexity index is 621. The van der Waals surface area contributed by atoms with Gasteiger partial charge in [0.2, 0.25) is 0 Å². The second kappa shape index (κ2) is 5.49. The second-order valence-electron chi connectivity index (χ2n) is 3.95. The molecule has 0 aliphatic heterocycles. The van der Waals surface area contributed by atoms with Crippen molar-refractivity contribution in [2.45, 2.75) is 6.54 Å². The quantitative estimate of drug-likeness (QED) is 0.656. The van der Waals surface area contributed by atoms with E-state index in [1.807, 2.05) is 0 Å². The molecule has 96 valence electrons. The highest BCUT2D eigenvalue weighted by Crippen LogP contribution is 2.16. The van der Waals surface area contributed by atoms with Crippen LogP contribution in [0.3, 0.4) is 0 Å². The van der Waals surface area contributed by atoms with Gasteiger partial charge in [0.1, 0.15) is 0 Å². The number of rotatable bonds is 3. The maximum atomic E-state index is 13.0. The van der Waals surface area contributed by atoms with Gasteiger partial charge in [0.15, 0.2) is 17.5 Å². The minimum atomic E-state index is -1.46. The van der Waals surface area contributed by atoms with Crippen LogP contribution in [0.15, 0.2) is 36.4 Å². The van der Waals surface area contributed by atoms with E-state index in [4.69, 9.17) is 6.42 Å². The fourth-order valence-corrected chi connectivity index (χ4v) is 1.63. The molecule has 0 saturated carbocycles. The van der Waals surface area contributed by atoms with Gasteiger partial charge in [-0.15, -0.1) is 6.42 Å². The third kappa shape index (κ3) is 3.08. The Morgan fingerprint density at radius 2 is 1.74 bits per heavy atom. The van der Waals surface area contributed by atoms with Crippen molar-refractivity contribution in [3.05, 3.63) is 65.0 Å². The summed E-state index contributed by atoms with van der Waals surface area (Å²) in [7, 11) is 0. The van der Waals surface area contributed by atoms with E-state index in [0.29, 0.717) is 11.1 Å². The molecule has 0 aromatic heterocycles. The molecule has 2 rings (SSSR count). The topological polar surface area (TPSA) is 12.0 Å². The lowest BCUT2D eigenvalue weighted by Crippen LogP contribution is -2.02. The van der Waals surface area contributed by atoms with Crippen molar-refractivity contribution in [2.75, 3.05) is 5.32 Å². The van der Waals surface area contributed by atoms with Gasteiger partial charge < -0.3 is 5.32 Å². The number of hydrogen-bond donors (Lipinski definition) is 1. The van der Waals surface area contributed by atoms with Crippen molar-refractivity contribution in [3.8, 4) is 12.3 Å². The Labute approximate surface area is 109 Å². The fourth-order valence-electron chi connectivity index (χ4n) is 1.63. The highest BCUT2D eigenvalue weighted by Gasteiger charge is 2.10. The average Bonchev–Trinajstić information content (AvgIpc) is 2.42. The lowest BCUT2D eigenvalue weighted by Gasteiger charge is -2.08. The molecule has 2 aromatic rings. The Morgan fingerprint density at radius 1 is 1.05 bits per heavy atom. The van der Waals surface area contributed by atoms with Gasteiger partial charge in [-0.25, -0.2) is 13.2 Å². The summed E-state index contributed by atoms with van der Waals surface area (Å²) >= 11 is 0. The van der Waals surface area contributed by atoms with Crippen molar-refractivity contribution in [2.24, 2.45) is 0 Å². The molecule has 0 fully saturated rings. The first-order chi connectivity index (χ1) is 9.10. The number of hydrogen-bond acceptors (Lipinski definition) is 1. The molecule has 19 heavy (non-hydrogen) atoms. The number of benzene rings is 2. The summed E-state index contributed by atoms with van der Waals surface area (Å²) in [6.07, 6.45) is 5.26. The lowest BCUT2D eigenvalue weighted by molar-refractivity contribution is 0.445. The second-order valence-corrected chi connectivity index (χ2v) is 3.95. The van der Waals surface area contributed by atoms with Crippen molar-refractivity contribution in [1.82, 2.24) is 0 Å². The van der Waals surface area contributed by atoms with Gasteiger partial charge in [0.25, 0.3) is 0 Å². The maximum Gasteiger partial charge on any atom is 0.194 e. The van der Waals surface area contributed by atoms with Crippen LogP contribution in [0, 0.1) is 29.8 Å². The number of nitrogens with one attached hydrogen (secondary N) is 1. The summed E-state index contributed by atoms with van der Waals surface area (Å²) < 4.78 is 38.8. The Kier molecular flexibility index (Phi) is 3.76. The van der Waals surface area contributed by atoms with Gasteiger partial charge in [-0.2, -0.15) is 0 Å². The van der Waals surface area contributed by atoms with Crippen LogP contribution in [0.1, 0.15) is 11.1 Å². The monoisotopic (exact) mass is 261 g/mol. The minimum absolute atomic E-state index is 0.169. The summed E-state index contributed by atoms with van der Waals surface area (Å²) in [5.74, 6) is -1.38. The first-order valence-corrected chi connectivity index (χ1v) is 5.54. The number of anilines is 1. The van der Waals surface area contributed by atoms with E-state index in [2.05, 4.69) is 11.2 Å². The van der Waals surface area contributed by atoms with Crippen LogP contribution in [0.5, 0.6) is 0 Å². The zero-order chi connectivity index (χ0) is 13.8. The normalized spacial score (nSPS) is 10.0. The molecule has 0 bridgehead atoms. The van der Waals surface area contributed by atoms with Gasteiger partial charge in [-0.3, -0.25) is 0 Å². The molecule has 4 heteroatoms. The van der Waals surface area contributed by atoms with E-state index < -0.39 is 17.5 Å². The average molecular weight is 261 g/mol. The van der Waals surface area contributed by atoms with Crippen LogP contribution in [-0.2, 0) is 6.54 Å². The SMILES string of the molecule is C#Cc1cccc(NCc2cc(F)c(F)c(F)c2)c1. The highest BCUT2D eigenvalue weighted by atomic mass is 19.2. The molecule has 0 amide bonds. The highest BCUT2D eigenvalue weighted by molar-refractivity contribution is 5.50. The van der Waals surface area contributed by atoms with E-state index >= 15 is 0 Å². The zero-order valence-corrected chi connectivity index (χ0v) is 9.88. The van der Waals surface area contributed by atoms with Crippen molar-refractivity contribution < 1.29 is 13.2 Å².